The SMILES string of the molecule is COc1ccc(OCCNC(=O)[C@H]2CN(S(=O)(=O)c3ccccc3)c3ccccc3O2)cc1. The molecule has 0 fully saturated rings. The second-order valence-electron chi connectivity index (χ2n) is 7.24. The number of methoxy groups -OCH3 is 1. The van der Waals surface area contributed by atoms with Crippen molar-refractivity contribution in [2.75, 3.05) is 31.1 Å². The Morgan fingerprint density at radius 2 is 1.67 bits per heavy atom. The Morgan fingerprint density at radius 1 is 1.00 bits per heavy atom. The zero-order valence-electron chi connectivity index (χ0n) is 18.0. The lowest BCUT2D eigenvalue weighted by atomic mass is 10.2. The number of sulfonamides is 1. The van der Waals surface area contributed by atoms with Crippen LogP contribution in [-0.4, -0.2) is 47.2 Å². The number of amides is 1. The molecule has 0 saturated carbocycles. The number of fused-ring (bicyclic) bond motifs is 1. The molecule has 3 aromatic carbocycles. The van der Waals surface area contributed by atoms with Crippen LogP contribution in [0.5, 0.6) is 17.2 Å². The molecule has 1 aliphatic heterocycles. The van der Waals surface area contributed by atoms with Crippen LogP contribution in [0.4, 0.5) is 5.69 Å². The van der Waals surface area contributed by atoms with Crippen molar-refractivity contribution in [2.45, 2.75) is 11.0 Å². The Morgan fingerprint density at radius 3 is 2.39 bits per heavy atom. The van der Waals surface area contributed by atoms with Crippen LogP contribution in [0.15, 0.2) is 83.8 Å². The highest BCUT2D eigenvalue weighted by Gasteiger charge is 2.37. The molecule has 1 aliphatic rings. The Kier molecular flexibility index (Phi) is 6.69. The fraction of sp³-hybridized carbons (Fsp3) is 0.208. The molecule has 8 nitrogen and oxygen atoms in total. The zero-order valence-corrected chi connectivity index (χ0v) is 18.8. The number of hydrogen-bond acceptors (Lipinski definition) is 6. The topological polar surface area (TPSA) is 94.2 Å². The minimum Gasteiger partial charge on any atom is -0.497 e. The van der Waals surface area contributed by atoms with Gasteiger partial charge in [0.2, 0.25) is 0 Å². The molecule has 1 atom stereocenters. The standard InChI is InChI=1S/C24H24N2O6S/c1-30-18-11-13-19(14-12-18)31-16-15-25-24(27)23-17-26(21-9-5-6-10-22(21)32-23)33(28,29)20-7-3-2-4-8-20/h2-14,23H,15-17H2,1H3,(H,25,27)/t23-/m1/s1. The van der Waals surface area contributed by atoms with E-state index in [0.717, 1.165) is 5.75 Å². The summed E-state index contributed by atoms with van der Waals surface area (Å²) in [6.07, 6.45) is -1.00. The molecule has 0 aliphatic carbocycles. The smallest absolute Gasteiger partial charge is 0.264 e. The van der Waals surface area contributed by atoms with Gasteiger partial charge in [-0.2, -0.15) is 0 Å². The molecular formula is C24H24N2O6S. The van der Waals surface area contributed by atoms with E-state index in [-0.39, 0.29) is 24.6 Å². The van der Waals surface area contributed by atoms with Crippen LogP contribution >= 0.6 is 0 Å². The van der Waals surface area contributed by atoms with Crippen molar-refractivity contribution in [1.29, 1.82) is 0 Å². The van der Waals surface area contributed by atoms with Crippen molar-refractivity contribution in [3.05, 3.63) is 78.9 Å². The highest BCUT2D eigenvalue weighted by Crippen LogP contribution is 2.36. The number of carbonyl (C=O) groups is 1. The van der Waals surface area contributed by atoms with Gasteiger partial charge in [-0.05, 0) is 48.5 Å². The maximum absolute atomic E-state index is 13.3. The summed E-state index contributed by atoms with van der Waals surface area (Å²) in [5.41, 5.74) is 0.397. The molecule has 172 valence electrons. The van der Waals surface area contributed by atoms with Crippen molar-refractivity contribution in [1.82, 2.24) is 5.32 Å². The van der Waals surface area contributed by atoms with Gasteiger partial charge in [0.25, 0.3) is 15.9 Å². The van der Waals surface area contributed by atoms with Crippen LogP contribution in [0.25, 0.3) is 0 Å². The average molecular weight is 469 g/mol. The normalized spacial score (nSPS) is 15.2. The van der Waals surface area contributed by atoms with Gasteiger partial charge in [-0.1, -0.05) is 30.3 Å². The fourth-order valence-corrected chi connectivity index (χ4v) is 4.91. The van der Waals surface area contributed by atoms with Gasteiger partial charge in [0, 0.05) is 0 Å². The minimum atomic E-state index is -3.87. The van der Waals surface area contributed by atoms with Gasteiger partial charge in [-0.25, -0.2) is 8.42 Å². The Balaban J connectivity index is 1.42. The first-order valence-corrected chi connectivity index (χ1v) is 11.8. The summed E-state index contributed by atoms with van der Waals surface area (Å²) in [6.45, 7) is 0.338. The maximum atomic E-state index is 13.3. The highest BCUT2D eigenvalue weighted by molar-refractivity contribution is 7.92. The summed E-state index contributed by atoms with van der Waals surface area (Å²) in [5.74, 6) is 1.28. The quantitative estimate of drug-likeness (QED) is 0.511. The largest absolute Gasteiger partial charge is 0.497 e. The molecule has 0 spiro atoms. The third kappa shape index (κ3) is 5.04. The predicted molar refractivity (Wildman–Crippen MR) is 123 cm³/mol. The Labute approximate surface area is 192 Å². The lowest BCUT2D eigenvalue weighted by Gasteiger charge is -2.34. The number of ether oxygens (including phenoxy) is 3. The van der Waals surface area contributed by atoms with Gasteiger partial charge in [-0.15, -0.1) is 0 Å². The summed E-state index contributed by atoms with van der Waals surface area (Å²) in [7, 11) is -2.28. The summed E-state index contributed by atoms with van der Waals surface area (Å²) in [6, 6.07) is 22.0. The number of carbonyl (C=O) groups excluding carboxylic acids is 1. The highest BCUT2D eigenvalue weighted by atomic mass is 32.2. The molecular weight excluding hydrogens is 444 g/mol. The zero-order chi connectivity index (χ0) is 23.3. The summed E-state index contributed by atoms with van der Waals surface area (Å²) in [4.78, 5) is 12.9. The summed E-state index contributed by atoms with van der Waals surface area (Å²) < 4.78 is 44.3. The van der Waals surface area contributed by atoms with Gasteiger partial charge < -0.3 is 19.5 Å². The van der Waals surface area contributed by atoms with Gasteiger partial charge >= 0.3 is 0 Å². The maximum Gasteiger partial charge on any atom is 0.264 e. The molecule has 4 rings (SSSR count). The first kappa shape index (κ1) is 22.5. The van der Waals surface area contributed by atoms with Crippen LogP contribution in [0.1, 0.15) is 0 Å². The number of benzene rings is 3. The van der Waals surface area contributed by atoms with Gasteiger partial charge in [0.15, 0.2) is 6.10 Å². The number of para-hydroxylation sites is 2. The molecule has 9 heteroatoms. The van der Waals surface area contributed by atoms with Gasteiger partial charge in [0.1, 0.15) is 23.9 Å². The van der Waals surface area contributed by atoms with Crippen LogP contribution in [0.2, 0.25) is 0 Å². The molecule has 0 aromatic heterocycles. The molecule has 0 unspecified atom stereocenters. The first-order valence-electron chi connectivity index (χ1n) is 10.4. The lowest BCUT2D eigenvalue weighted by Crippen LogP contribution is -2.51. The number of rotatable bonds is 8. The second-order valence-corrected chi connectivity index (χ2v) is 9.10. The minimum absolute atomic E-state index is 0.139. The van der Waals surface area contributed by atoms with Gasteiger partial charge in [0.05, 0.1) is 30.8 Å². The Hall–Kier alpha value is -3.72. The van der Waals surface area contributed by atoms with E-state index >= 15 is 0 Å². The summed E-state index contributed by atoms with van der Waals surface area (Å²) >= 11 is 0. The Bertz CT molecular complexity index is 1200. The van der Waals surface area contributed by atoms with E-state index < -0.39 is 22.0 Å². The van der Waals surface area contributed by atoms with E-state index in [1.807, 2.05) is 0 Å². The molecule has 1 amide bonds. The number of nitrogens with zero attached hydrogens (tertiary/aromatic N) is 1. The lowest BCUT2D eigenvalue weighted by molar-refractivity contribution is -0.127. The third-order valence-corrected chi connectivity index (χ3v) is 6.88. The fourth-order valence-electron chi connectivity index (χ4n) is 3.41. The number of hydrogen-bond donors (Lipinski definition) is 1. The third-order valence-electron chi connectivity index (χ3n) is 5.09. The van der Waals surface area contributed by atoms with E-state index in [0.29, 0.717) is 17.2 Å². The van der Waals surface area contributed by atoms with Crippen LogP contribution in [-0.2, 0) is 14.8 Å². The molecule has 0 radical (unpaired) electrons. The van der Waals surface area contributed by atoms with E-state index in [1.165, 1.54) is 16.4 Å². The van der Waals surface area contributed by atoms with E-state index in [1.54, 1.807) is 73.8 Å². The average Bonchev–Trinajstić information content (AvgIpc) is 2.86. The molecule has 1 heterocycles. The number of nitrogens with one attached hydrogen (secondary N) is 1. The molecule has 3 aromatic rings. The van der Waals surface area contributed by atoms with Crippen molar-refractivity contribution in [2.24, 2.45) is 0 Å². The van der Waals surface area contributed by atoms with Crippen LogP contribution < -0.4 is 23.8 Å². The molecule has 1 N–H and O–H groups in total. The first-order chi connectivity index (χ1) is 16.0. The van der Waals surface area contributed by atoms with Crippen molar-refractivity contribution in [3.63, 3.8) is 0 Å². The van der Waals surface area contributed by atoms with Gasteiger partial charge in [-0.3, -0.25) is 9.10 Å². The molecule has 0 bridgehead atoms. The van der Waals surface area contributed by atoms with Crippen molar-refractivity contribution in [3.8, 4) is 17.2 Å². The predicted octanol–water partition coefficient (Wildman–Crippen LogP) is 2.85. The monoisotopic (exact) mass is 468 g/mol. The van der Waals surface area contributed by atoms with E-state index in [4.69, 9.17) is 14.2 Å². The summed E-state index contributed by atoms with van der Waals surface area (Å²) in [5, 5.41) is 2.75. The number of anilines is 1. The van der Waals surface area contributed by atoms with E-state index in [2.05, 4.69) is 5.32 Å². The van der Waals surface area contributed by atoms with Crippen LogP contribution in [0.3, 0.4) is 0 Å². The second kappa shape index (κ2) is 9.83. The van der Waals surface area contributed by atoms with E-state index in [9.17, 15) is 13.2 Å². The molecule has 0 saturated heterocycles. The van der Waals surface area contributed by atoms with Crippen molar-refractivity contribution >= 4 is 21.6 Å². The van der Waals surface area contributed by atoms with Crippen molar-refractivity contribution < 1.29 is 27.4 Å². The molecule has 33 heavy (non-hydrogen) atoms. The van der Waals surface area contributed by atoms with Crippen LogP contribution in [0, 0.1) is 0 Å².